The summed E-state index contributed by atoms with van der Waals surface area (Å²) in [5, 5.41) is 7.36. The molecule has 0 amide bonds. The van der Waals surface area contributed by atoms with Gasteiger partial charge in [0.15, 0.2) is 17.3 Å². The van der Waals surface area contributed by atoms with Gasteiger partial charge in [-0.2, -0.15) is 4.98 Å². The molecule has 0 radical (unpaired) electrons. The monoisotopic (exact) mass is 305 g/mol. The first-order valence-corrected chi connectivity index (χ1v) is 7.29. The number of hydrogen-bond acceptors (Lipinski definition) is 6. The van der Waals surface area contributed by atoms with Gasteiger partial charge in [0.25, 0.3) is 0 Å². The molecule has 2 rings (SSSR count). The Bertz CT molecular complexity index is 638. The molecule has 1 aromatic heterocycles. The van der Waals surface area contributed by atoms with Crippen LogP contribution in [0.4, 0.5) is 5.69 Å². The number of methoxy groups -OCH3 is 2. The van der Waals surface area contributed by atoms with Crippen molar-refractivity contribution in [3.05, 3.63) is 29.4 Å². The van der Waals surface area contributed by atoms with Gasteiger partial charge in [-0.25, -0.2) is 0 Å². The lowest BCUT2D eigenvalue weighted by molar-refractivity contribution is 0.354. The largest absolute Gasteiger partial charge is 0.493 e. The first kappa shape index (κ1) is 16.1. The van der Waals surface area contributed by atoms with Crippen LogP contribution in [-0.4, -0.2) is 24.4 Å². The van der Waals surface area contributed by atoms with Crippen molar-refractivity contribution in [2.75, 3.05) is 19.5 Å². The van der Waals surface area contributed by atoms with Gasteiger partial charge < -0.3 is 19.3 Å². The quantitative estimate of drug-likeness (QED) is 0.877. The first-order chi connectivity index (χ1) is 10.5. The first-order valence-electron chi connectivity index (χ1n) is 7.29. The van der Waals surface area contributed by atoms with Gasteiger partial charge in [0.05, 0.1) is 14.2 Å². The van der Waals surface area contributed by atoms with Gasteiger partial charge in [-0.1, -0.05) is 19.0 Å². The maximum atomic E-state index is 5.34. The van der Waals surface area contributed by atoms with Gasteiger partial charge in [-0.05, 0) is 25.5 Å². The highest BCUT2D eigenvalue weighted by atomic mass is 16.5. The molecule has 1 unspecified atom stereocenters. The highest BCUT2D eigenvalue weighted by Gasteiger charge is 2.17. The number of nitrogens with zero attached hydrogens (tertiary/aromatic N) is 2. The number of ether oxygens (including phenoxy) is 2. The normalized spacial score (nSPS) is 12.3. The second-order valence-corrected chi connectivity index (χ2v) is 5.53. The van der Waals surface area contributed by atoms with E-state index in [1.165, 1.54) is 0 Å². The van der Waals surface area contributed by atoms with Gasteiger partial charge in [0.2, 0.25) is 5.89 Å². The molecule has 0 fully saturated rings. The van der Waals surface area contributed by atoms with E-state index in [-0.39, 0.29) is 12.0 Å². The fourth-order valence-electron chi connectivity index (χ4n) is 2.09. The van der Waals surface area contributed by atoms with Crippen LogP contribution in [0.2, 0.25) is 0 Å². The summed E-state index contributed by atoms with van der Waals surface area (Å²) in [6.07, 6.45) is 0. The van der Waals surface area contributed by atoms with E-state index in [1.54, 1.807) is 14.2 Å². The molecule has 0 spiro atoms. The minimum atomic E-state index is -0.100. The molecule has 2 aromatic rings. The Hall–Kier alpha value is -2.24. The maximum Gasteiger partial charge on any atom is 0.248 e. The third kappa shape index (κ3) is 3.32. The summed E-state index contributed by atoms with van der Waals surface area (Å²) in [7, 11) is 3.24. The zero-order chi connectivity index (χ0) is 16.3. The number of anilines is 1. The highest BCUT2D eigenvalue weighted by Crippen LogP contribution is 2.34. The second kappa shape index (κ2) is 6.68. The van der Waals surface area contributed by atoms with Crippen molar-refractivity contribution >= 4 is 5.69 Å². The van der Waals surface area contributed by atoms with E-state index in [1.807, 2.05) is 39.8 Å². The van der Waals surface area contributed by atoms with Crippen LogP contribution in [0.3, 0.4) is 0 Å². The standard InChI is InChI=1S/C16H23N3O3/c1-9(2)15-18-16(22-19-15)11(4)17-12-8-14(21-6)13(20-5)7-10(12)3/h7-9,11,17H,1-6H3. The molecule has 0 bridgehead atoms. The van der Waals surface area contributed by atoms with Crippen LogP contribution in [0.1, 0.15) is 50.0 Å². The molecule has 6 heteroatoms. The van der Waals surface area contributed by atoms with E-state index in [2.05, 4.69) is 15.5 Å². The Labute approximate surface area is 130 Å². The Kier molecular flexibility index (Phi) is 4.90. The van der Waals surface area contributed by atoms with E-state index < -0.39 is 0 Å². The van der Waals surface area contributed by atoms with Crippen LogP contribution in [-0.2, 0) is 0 Å². The Balaban J connectivity index is 2.21. The van der Waals surface area contributed by atoms with Crippen molar-refractivity contribution in [1.82, 2.24) is 10.1 Å². The minimum absolute atomic E-state index is 0.100. The molecule has 0 aliphatic heterocycles. The van der Waals surface area contributed by atoms with E-state index in [0.717, 1.165) is 11.3 Å². The molecule has 1 atom stereocenters. The third-order valence-corrected chi connectivity index (χ3v) is 3.45. The number of rotatable bonds is 6. The van der Waals surface area contributed by atoms with Crippen molar-refractivity contribution in [1.29, 1.82) is 0 Å². The molecule has 120 valence electrons. The summed E-state index contributed by atoms with van der Waals surface area (Å²) >= 11 is 0. The van der Waals surface area contributed by atoms with Crippen LogP contribution in [0.5, 0.6) is 11.5 Å². The fraction of sp³-hybridized carbons (Fsp3) is 0.500. The lowest BCUT2D eigenvalue weighted by Crippen LogP contribution is -2.09. The van der Waals surface area contributed by atoms with E-state index in [0.29, 0.717) is 23.2 Å². The Morgan fingerprint density at radius 2 is 1.73 bits per heavy atom. The summed E-state index contributed by atoms with van der Waals surface area (Å²) in [4.78, 5) is 4.42. The smallest absolute Gasteiger partial charge is 0.248 e. The Morgan fingerprint density at radius 3 is 2.27 bits per heavy atom. The predicted octanol–water partition coefficient (Wildman–Crippen LogP) is 3.69. The molecular weight excluding hydrogens is 282 g/mol. The number of hydrogen-bond donors (Lipinski definition) is 1. The van der Waals surface area contributed by atoms with Crippen molar-refractivity contribution in [3.63, 3.8) is 0 Å². The molecule has 22 heavy (non-hydrogen) atoms. The summed E-state index contributed by atoms with van der Waals surface area (Å²) in [6, 6.07) is 3.74. The van der Waals surface area contributed by atoms with Crippen LogP contribution in [0, 0.1) is 6.92 Å². The third-order valence-electron chi connectivity index (χ3n) is 3.45. The van der Waals surface area contributed by atoms with Crippen molar-refractivity contribution in [2.24, 2.45) is 0 Å². The lowest BCUT2D eigenvalue weighted by Gasteiger charge is -2.16. The molecule has 1 aromatic carbocycles. The number of benzene rings is 1. The molecule has 0 aliphatic rings. The highest BCUT2D eigenvalue weighted by molar-refractivity contribution is 5.60. The van der Waals surface area contributed by atoms with Gasteiger partial charge in [0.1, 0.15) is 6.04 Å². The molecule has 1 heterocycles. The van der Waals surface area contributed by atoms with Crippen LogP contribution < -0.4 is 14.8 Å². The molecule has 6 nitrogen and oxygen atoms in total. The van der Waals surface area contributed by atoms with Crippen molar-refractivity contribution < 1.29 is 14.0 Å². The zero-order valence-corrected chi connectivity index (χ0v) is 13.9. The summed E-state index contributed by atoms with van der Waals surface area (Å²) in [5.41, 5.74) is 1.99. The van der Waals surface area contributed by atoms with Crippen molar-refractivity contribution in [2.45, 2.75) is 39.7 Å². The van der Waals surface area contributed by atoms with E-state index in [4.69, 9.17) is 14.0 Å². The number of nitrogens with one attached hydrogen (secondary N) is 1. The summed E-state index contributed by atoms with van der Waals surface area (Å²) in [6.45, 7) is 8.05. The van der Waals surface area contributed by atoms with Crippen LogP contribution in [0.15, 0.2) is 16.7 Å². The summed E-state index contributed by atoms with van der Waals surface area (Å²) in [5.74, 6) is 2.91. The van der Waals surface area contributed by atoms with Crippen LogP contribution in [0.25, 0.3) is 0 Å². The topological polar surface area (TPSA) is 69.4 Å². The molecule has 1 N–H and O–H groups in total. The van der Waals surface area contributed by atoms with Gasteiger partial charge in [-0.3, -0.25) is 0 Å². The van der Waals surface area contributed by atoms with E-state index in [9.17, 15) is 0 Å². The number of aromatic nitrogens is 2. The van der Waals surface area contributed by atoms with Gasteiger partial charge >= 0.3 is 0 Å². The lowest BCUT2D eigenvalue weighted by atomic mass is 10.1. The molecule has 0 saturated heterocycles. The minimum Gasteiger partial charge on any atom is -0.493 e. The average Bonchev–Trinajstić information content (AvgIpc) is 2.99. The molecule has 0 saturated carbocycles. The van der Waals surface area contributed by atoms with Gasteiger partial charge in [-0.15, -0.1) is 0 Å². The zero-order valence-electron chi connectivity index (χ0n) is 13.9. The molecular formula is C16H23N3O3. The van der Waals surface area contributed by atoms with E-state index >= 15 is 0 Å². The summed E-state index contributed by atoms with van der Waals surface area (Å²) < 4.78 is 16.0. The maximum absolute atomic E-state index is 5.34. The van der Waals surface area contributed by atoms with Crippen molar-refractivity contribution in [3.8, 4) is 11.5 Å². The molecule has 0 aliphatic carbocycles. The average molecular weight is 305 g/mol. The SMILES string of the molecule is COc1cc(C)c(NC(C)c2nc(C(C)C)no2)cc1OC. The predicted molar refractivity (Wildman–Crippen MR) is 84.7 cm³/mol. The number of aryl methyl sites for hydroxylation is 1. The van der Waals surface area contributed by atoms with Crippen LogP contribution >= 0.6 is 0 Å². The van der Waals surface area contributed by atoms with Gasteiger partial charge in [0, 0.05) is 17.7 Å². The second-order valence-electron chi connectivity index (χ2n) is 5.53. The fourth-order valence-corrected chi connectivity index (χ4v) is 2.09. The Morgan fingerprint density at radius 1 is 1.09 bits per heavy atom.